The molecule has 0 aliphatic carbocycles. The lowest BCUT2D eigenvalue weighted by atomic mass is 10.0. The van der Waals surface area contributed by atoms with Gasteiger partial charge in [0, 0.05) is 19.3 Å². The molecule has 0 aliphatic rings. The Kier molecular flexibility index (Phi) is 49.3. The van der Waals surface area contributed by atoms with Gasteiger partial charge in [-0.3, -0.25) is 14.4 Å². The van der Waals surface area contributed by atoms with Crippen LogP contribution in [0.25, 0.3) is 0 Å². The zero-order valence-electron chi connectivity index (χ0n) is 41.2. The first kappa shape index (κ1) is 59.1. The number of allylic oxidation sites excluding steroid dienone is 2. The molecule has 0 aromatic rings. The second kappa shape index (κ2) is 50.8. The molecular weight excluding hydrogens is 757 g/mol. The number of carbonyl (C=O) groups excluding carboxylic acids is 3. The van der Waals surface area contributed by atoms with Gasteiger partial charge in [0.25, 0.3) is 0 Å². The minimum absolute atomic E-state index is 0.0661. The Hall–Kier alpha value is -1.85. The van der Waals surface area contributed by atoms with Crippen LogP contribution in [-0.2, 0) is 28.6 Å². The lowest BCUT2D eigenvalue weighted by molar-refractivity contribution is -0.167. The molecule has 0 spiro atoms. The summed E-state index contributed by atoms with van der Waals surface area (Å²) in [5.41, 5.74) is 0. The van der Waals surface area contributed by atoms with E-state index in [0.29, 0.717) is 19.3 Å². The van der Waals surface area contributed by atoms with Gasteiger partial charge in [-0.2, -0.15) is 0 Å². The van der Waals surface area contributed by atoms with E-state index in [4.69, 9.17) is 14.2 Å². The van der Waals surface area contributed by atoms with Crippen molar-refractivity contribution in [2.75, 3.05) is 13.2 Å². The maximum Gasteiger partial charge on any atom is 0.306 e. The predicted octanol–water partition coefficient (Wildman–Crippen LogP) is 17.8. The molecule has 61 heavy (non-hydrogen) atoms. The van der Waals surface area contributed by atoms with Crippen LogP contribution in [0.5, 0.6) is 0 Å². The molecular formula is C55H104O6. The van der Waals surface area contributed by atoms with E-state index in [1.165, 1.54) is 205 Å². The van der Waals surface area contributed by atoms with Crippen LogP contribution in [0, 0.1) is 0 Å². The van der Waals surface area contributed by atoms with E-state index >= 15 is 0 Å². The number of rotatable bonds is 50. The summed E-state index contributed by atoms with van der Waals surface area (Å²) in [6, 6.07) is 0. The third-order valence-electron chi connectivity index (χ3n) is 12.3. The molecule has 6 heteroatoms. The number of hydrogen-bond donors (Lipinski definition) is 0. The number of esters is 3. The minimum Gasteiger partial charge on any atom is -0.462 e. The highest BCUT2D eigenvalue weighted by molar-refractivity contribution is 5.71. The number of unbranched alkanes of at least 4 members (excludes halogenated alkanes) is 37. The molecule has 0 radical (unpaired) electrons. The molecule has 0 saturated heterocycles. The highest BCUT2D eigenvalue weighted by atomic mass is 16.6. The van der Waals surface area contributed by atoms with E-state index in [9.17, 15) is 14.4 Å². The summed E-state index contributed by atoms with van der Waals surface area (Å²) in [6.07, 6.45) is 56.3. The Morgan fingerprint density at radius 2 is 0.541 bits per heavy atom. The molecule has 0 N–H and O–H groups in total. The summed E-state index contributed by atoms with van der Waals surface area (Å²) >= 11 is 0. The summed E-state index contributed by atoms with van der Waals surface area (Å²) in [6.45, 7) is 6.66. The Morgan fingerprint density at radius 1 is 0.311 bits per heavy atom. The van der Waals surface area contributed by atoms with Crippen LogP contribution in [0.3, 0.4) is 0 Å². The van der Waals surface area contributed by atoms with Gasteiger partial charge < -0.3 is 14.2 Å². The van der Waals surface area contributed by atoms with Crippen molar-refractivity contribution in [2.45, 2.75) is 309 Å². The molecule has 0 rings (SSSR count). The standard InChI is InChI=1S/C55H104O6/c1-4-7-10-13-16-19-22-24-26-27-28-29-30-32-33-36-39-42-45-48-54(57)60-51-52(50-59-53(56)47-44-41-38-35-21-18-15-12-9-6-3)61-55(58)49-46-43-40-37-34-31-25-23-20-17-14-11-8-5-2/h27-28,52H,4-26,29-51H2,1-3H3/b28-27-. The van der Waals surface area contributed by atoms with Crippen LogP contribution in [-0.4, -0.2) is 37.2 Å². The fourth-order valence-electron chi connectivity index (χ4n) is 8.14. The lowest BCUT2D eigenvalue weighted by Crippen LogP contribution is -2.30. The topological polar surface area (TPSA) is 78.9 Å². The van der Waals surface area contributed by atoms with E-state index in [0.717, 1.165) is 57.8 Å². The van der Waals surface area contributed by atoms with E-state index in [1.807, 2.05) is 0 Å². The molecule has 360 valence electrons. The van der Waals surface area contributed by atoms with Crippen molar-refractivity contribution >= 4 is 17.9 Å². The van der Waals surface area contributed by atoms with Crippen LogP contribution in [0.2, 0.25) is 0 Å². The van der Waals surface area contributed by atoms with Crippen LogP contribution in [0.1, 0.15) is 303 Å². The first-order valence-electron chi connectivity index (χ1n) is 27.2. The molecule has 0 heterocycles. The number of carbonyl (C=O) groups is 3. The van der Waals surface area contributed by atoms with Crippen molar-refractivity contribution in [2.24, 2.45) is 0 Å². The van der Waals surface area contributed by atoms with Crippen molar-refractivity contribution in [1.29, 1.82) is 0 Å². The summed E-state index contributed by atoms with van der Waals surface area (Å²) in [5.74, 6) is -0.853. The average Bonchev–Trinajstić information content (AvgIpc) is 3.26. The van der Waals surface area contributed by atoms with Gasteiger partial charge in [-0.1, -0.05) is 251 Å². The number of hydrogen-bond acceptors (Lipinski definition) is 6. The molecule has 0 saturated carbocycles. The molecule has 6 nitrogen and oxygen atoms in total. The molecule has 0 amide bonds. The highest BCUT2D eigenvalue weighted by Crippen LogP contribution is 2.16. The van der Waals surface area contributed by atoms with Gasteiger partial charge in [-0.25, -0.2) is 0 Å². The summed E-state index contributed by atoms with van der Waals surface area (Å²) in [5, 5.41) is 0. The zero-order chi connectivity index (χ0) is 44.4. The van der Waals surface area contributed by atoms with Crippen molar-refractivity contribution < 1.29 is 28.6 Å². The minimum atomic E-state index is -0.764. The Morgan fingerprint density at radius 3 is 0.820 bits per heavy atom. The van der Waals surface area contributed by atoms with Crippen molar-refractivity contribution in [3.05, 3.63) is 12.2 Å². The summed E-state index contributed by atoms with van der Waals surface area (Å²) in [4.78, 5) is 37.9. The predicted molar refractivity (Wildman–Crippen MR) is 261 cm³/mol. The second-order valence-corrected chi connectivity index (χ2v) is 18.5. The SMILES string of the molecule is CCCCCCCCCC/C=C\CCCCCCCCCC(=O)OCC(COC(=O)CCCCCCCCCCCC)OC(=O)CCCCCCCCCCCCCCCC. The first-order chi connectivity index (χ1) is 30.0. The van der Waals surface area contributed by atoms with Gasteiger partial charge in [0.15, 0.2) is 6.10 Å². The largest absolute Gasteiger partial charge is 0.462 e. The molecule has 1 atom stereocenters. The van der Waals surface area contributed by atoms with Crippen molar-refractivity contribution in [1.82, 2.24) is 0 Å². The fraction of sp³-hybridized carbons (Fsp3) is 0.909. The molecule has 0 aliphatic heterocycles. The van der Waals surface area contributed by atoms with E-state index < -0.39 is 6.10 Å². The second-order valence-electron chi connectivity index (χ2n) is 18.5. The monoisotopic (exact) mass is 861 g/mol. The van der Waals surface area contributed by atoms with Gasteiger partial charge in [0.1, 0.15) is 13.2 Å². The van der Waals surface area contributed by atoms with Gasteiger partial charge in [0.2, 0.25) is 0 Å². The third kappa shape index (κ3) is 49.0. The quantitative estimate of drug-likeness (QED) is 0.0262. The van der Waals surface area contributed by atoms with Crippen molar-refractivity contribution in [3.8, 4) is 0 Å². The molecule has 0 fully saturated rings. The Balaban J connectivity index is 4.26. The maximum atomic E-state index is 12.8. The van der Waals surface area contributed by atoms with Gasteiger partial charge in [0.05, 0.1) is 0 Å². The van der Waals surface area contributed by atoms with Gasteiger partial charge >= 0.3 is 17.9 Å². The summed E-state index contributed by atoms with van der Waals surface area (Å²) in [7, 11) is 0. The summed E-state index contributed by atoms with van der Waals surface area (Å²) < 4.78 is 16.8. The van der Waals surface area contributed by atoms with E-state index in [-0.39, 0.29) is 31.1 Å². The molecule has 1 unspecified atom stereocenters. The smallest absolute Gasteiger partial charge is 0.306 e. The average molecular weight is 861 g/mol. The van der Waals surface area contributed by atoms with Crippen molar-refractivity contribution in [3.63, 3.8) is 0 Å². The number of ether oxygens (including phenoxy) is 3. The Labute approximate surface area is 380 Å². The molecule has 0 bridgehead atoms. The van der Waals surface area contributed by atoms with E-state index in [2.05, 4.69) is 32.9 Å². The third-order valence-corrected chi connectivity index (χ3v) is 12.3. The van der Waals surface area contributed by atoms with Crippen LogP contribution >= 0.6 is 0 Å². The molecule has 0 aromatic carbocycles. The van der Waals surface area contributed by atoms with Crippen LogP contribution in [0.15, 0.2) is 12.2 Å². The molecule has 0 aromatic heterocycles. The maximum absolute atomic E-state index is 12.8. The van der Waals surface area contributed by atoms with Crippen LogP contribution in [0.4, 0.5) is 0 Å². The van der Waals surface area contributed by atoms with Gasteiger partial charge in [-0.15, -0.1) is 0 Å². The normalized spacial score (nSPS) is 12.0. The first-order valence-corrected chi connectivity index (χ1v) is 27.2. The van der Waals surface area contributed by atoms with E-state index in [1.54, 1.807) is 0 Å². The fourth-order valence-corrected chi connectivity index (χ4v) is 8.14. The highest BCUT2D eigenvalue weighted by Gasteiger charge is 2.19. The lowest BCUT2D eigenvalue weighted by Gasteiger charge is -2.18. The van der Waals surface area contributed by atoms with Gasteiger partial charge in [-0.05, 0) is 44.9 Å². The van der Waals surface area contributed by atoms with Crippen LogP contribution < -0.4 is 0 Å². The zero-order valence-corrected chi connectivity index (χ0v) is 41.2. The Bertz CT molecular complexity index is 947.